The zero-order valence-electron chi connectivity index (χ0n) is 14.5. The van der Waals surface area contributed by atoms with Gasteiger partial charge in [0.2, 0.25) is 5.91 Å². The Morgan fingerprint density at radius 2 is 1.96 bits per heavy atom. The van der Waals surface area contributed by atoms with Crippen molar-refractivity contribution in [2.45, 2.75) is 51.0 Å². The minimum absolute atomic E-state index is 0.0231. The summed E-state index contributed by atoms with van der Waals surface area (Å²) < 4.78 is 11.5. The molecule has 1 aliphatic heterocycles. The first kappa shape index (κ1) is 18.1. The summed E-state index contributed by atoms with van der Waals surface area (Å²) in [5.41, 5.74) is 0.759. The van der Waals surface area contributed by atoms with E-state index in [1.165, 1.54) is 6.42 Å². The van der Waals surface area contributed by atoms with Crippen molar-refractivity contribution in [3.8, 4) is 5.75 Å². The van der Waals surface area contributed by atoms with E-state index in [-0.39, 0.29) is 17.9 Å². The van der Waals surface area contributed by atoms with Crippen LogP contribution in [0.4, 0.5) is 5.69 Å². The number of carbonyl (C=O) groups excluding carboxylic acids is 1. The molecule has 0 aromatic heterocycles. The number of hydrogen-bond acceptors (Lipinski definition) is 4. The van der Waals surface area contributed by atoms with Crippen molar-refractivity contribution in [3.63, 3.8) is 0 Å². The van der Waals surface area contributed by atoms with E-state index in [9.17, 15) is 4.79 Å². The molecular weight excluding hydrogens is 336 g/mol. The fourth-order valence-corrected chi connectivity index (χ4v) is 3.60. The summed E-state index contributed by atoms with van der Waals surface area (Å²) in [7, 11) is 0. The lowest BCUT2D eigenvalue weighted by molar-refractivity contribution is -0.124. The average Bonchev–Trinajstić information content (AvgIpc) is 3.15. The molecule has 1 aromatic carbocycles. The number of nitrogens with one attached hydrogen (secondary N) is 2. The molecule has 6 heteroatoms. The summed E-state index contributed by atoms with van der Waals surface area (Å²) in [6.45, 7) is 1.34. The normalized spacial score (nSPS) is 20.9. The fraction of sp³-hybridized carbons (Fsp3) is 0.579. The Labute approximate surface area is 154 Å². The Balaban J connectivity index is 1.52. The molecule has 0 spiro atoms. The summed E-state index contributed by atoms with van der Waals surface area (Å²) in [6.07, 6.45) is 7.66. The number of ether oxygens (including phenoxy) is 2. The predicted molar refractivity (Wildman–Crippen MR) is 102 cm³/mol. The van der Waals surface area contributed by atoms with Crippen LogP contribution in [0, 0.1) is 5.92 Å². The van der Waals surface area contributed by atoms with Crippen LogP contribution in [-0.2, 0) is 9.53 Å². The highest BCUT2D eigenvalue weighted by Gasteiger charge is 2.22. The molecule has 5 nitrogen and oxygen atoms in total. The first-order valence-corrected chi connectivity index (χ1v) is 9.58. The van der Waals surface area contributed by atoms with Crippen LogP contribution < -0.4 is 15.4 Å². The van der Waals surface area contributed by atoms with Gasteiger partial charge in [-0.25, -0.2) is 0 Å². The van der Waals surface area contributed by atoms with E-state index in [0.717, 1.165) is 50.8 Å². The Kier molecular flexibility index (Phi) is 6.64. The van der Waals surface area contributed by atoms with Gasteiger partial charge in [-0.15, -0.1) is 0 Å². The molecule has 136 valence electrons. The monoisotopic (exact) mass is 362 g/mol. The second-order valence-corrected chi connectivity index (χ2v) is 7.13. The first-order chi connectivity index (χ1) is 12.2. The molecule has 2 N–H and O–H groups in total. The number of anilines is 1. The van der Waals surface area contributed by atoms with Gasteiger partial charge in [0.1, 0.15) is 12.4 Å². The third-order valence-corrected chi connectivity index (χ3v) is 5.00. The molecule has 0 bridgehead atoms. The molecule has 1 atom stereocenters. The van der Waals surface area contributed by atoms with Gasteiger partial charge in [0, 0.05) is 12.5 Å². The molecule has 0 radical (unpaired) electrons. The number of carbonyl (C=O) groups is 1. The Hall–Kier alpha value is -1.66. The molecule has 1 unspecified atom stereocenters. The van der Waals surface area contributed by atoms with Gasteiger partial charge in [0.25, 0.3) is 0 Å². The Morgan fingerprint density at radius 1 is 1.16 bits per heavy atom. The maximum absolute atomic E-state index is 12.3. The van der Waals surface area contributed by atoms with E-state index in [1.807, 2.05) is 24.3 Å². The lowest BCUT2D eigenvalue weighted by atomic mass is 9.89. The first-order valence-electron chi connectivity index (χ1n) is 9.17. The van der Waals surface area contributed by atoms with Crippen LogP contribution in [0.25, 0.3) is 0 Å². The molecule has 2 aliphatic rings. The van der Waals surface area contributed by atoms with E-state index >= 15 is 0 Å². The molecule has 1 aliphatic carbocycles. The van der Waals surface area contributed by atoms with Gasteiger partial charge in [0.15, 0.2) is 5.11 Å². The van der Waals surface area contributed by atoms with Crippen molar-refractivity contribution < 1.29 is 14.3 Å². The highest BCUT2D eigenvalue weighted by atomic mass is 32.1. The summed E-state index contributed by atoms with van der Waals surface area (Å²) in [5, 5.41) is 6.24. The second kappa shape index (κ2) is 9.15. The maximum atomic E-state index is 12.3. The van der Waals surface area contributed by atoms with E-state index in [4.69, 9.17) is 21.7 Å². The minimum Gasteiger partial charge on any atom is -0.489 e. The van der Waals surface area contributed by atoms with Gasteiger partial charge >= 0.3 is 0 Å². The van der Waals surface area contributed by atoms with E-state index in [1.54, 1.807) is 0 Å². The predicted octanol–water partition coefficient (Wildman–Crippen LogP) is 3.64. The Morgan fingerprint density at radius 3 is 2.72 bits per heavy atom. The van der Waals surface area contributed by atoms with Gasteiger partial charge < -0.3 is 20.1 Å². The number of amides is 1. The van der Waals surface area contributed by atoms with Crippen LogP contribution in [-0.4, -0.2) is 30.3 Å². The van der Waals surface area contributed by atoms with Gasteiger partial charge in [-0.3, -0.25) is 4.79 Å². The molecule has 25 heavy (non-hydrogen) atoms. The van der Waals surface area contributed by atoms with Crippen molar-refractivity contribution in [2.24, 2.45) is 5.92 Å². The Bertz CT molecular complexity index is 596. The standard InChI is InChI=1S/C19H26N2O3S/c22-18(14-7-2-1-3-8-14)21-19(25)20-16-10-4-5-11-17(16)24-13-15-9-6-12-23-15/h4-5,10-11,14-15H,1-3,6-9,12-13H2,(H2,20,21,22,25). The van der Waals surface area contributed by atoms with Crippen LogP contribution in [0.2, 0.25) is 0 Å². The molecule has 1 saturated carbocycles. The van der Waals surface area contributed by atoms with E-state index in [0.29, 0.717) is 17.5 Å². The number of hydrogen-bond donors (Lipinski definition) is 2. The number of thiocarbonyl (C=S) groups is 1. The lowest BCUT2D eigenvalue weighted by Crippen LogP contribution is -2.39. The third-order valence-electron chi connectivity index (χ3n) is 4.80. The van der Waals surface area contributed by atoms with Crippen molar-refractivity contribution in [3.05, 3.63) is 24.3 Å². The minimum atomic E-state index is 0.0231. The topological polar surface area (TPSA) is 59.6 Å². The second-order valence-electron chi connectivity index (χ2n) is 6.72. The highest BCUT2D eigenvalue weighted by molar-refractivity contribution is 7.80. The van der Waals surface area contributed by atoms with Gasteiger partial charge in [-0.2, -0.15) is 0 Å². The van der Waals surface area contributed by atoms with Crippen molar-refractivity contribution in [1.82, 2.24) is 5.32 Å². The molecule has 1 aromatic rings. The highest BCUT2D eigenvalue weighted by Crippen LogP contribution is 2.26. The number of rotatable bonds is 5. The van der Waals surface area contributed by atoms with Gasteiger partial charge in [0.05, 0.1) is 11.8 Å². The number of para-hydroxylation sites is 2. The summed E-state index contributed by atoms with van der Waals surface area (Å²) in [6, 6.07) is 7.61. The summed E-state index contributed by atoms with van der Waals surface area (Å²) >= 11 is 5.31. The largest absolute Gasteiger partial charge is 0.489 e. The SMILES string of the molecule is O=C(NC(=S)Nc1ccccc1OCC1CCCO1)C1CCCCC1. The van der Waals surface area contributed by atoms with Gasteiger partial charge in [-0.05, 0) is 50.0 Å². The smallest absolute Gasteiger partial charge is 0.229 e. The number of benzene rings is 1. The van der Waals surface area contributed by atoms with Crippen molar-refractivity contribution in [1.29, 1.82) is 0 Å². The van der Waals surface area contributed by atoms with E-state index < -0.39 is 0 Å². The van der Waals surface area contributed by atoms with E-state index in [2.05, 4.69) is 10.6 Å². The molecule has 1 saturated heterocycles. The zero-order chi connectivity index (χ0) is 17.5. The van der Waals surface area contributed by atoms with Crippen LogP contribution >= 0.6 is 12.2 Å². The average molecular weight is 362 g/mol. The maximum Gasteiger partial charge on any atom is 0.229 e. The lowest BCUT2D eigenvalue weighted by Gasteiger charge is -2.21. The molecular formula is C19H26N2O3S. The molecule has 1 heterocycles. The fourth-order valence-electron chi connectivity index (χ4n) is 3.39. The third kappa shape index (κ3) is 5.41. The quantitative estimate of drug-likeness (QED) is 0.783. The van der Waals surface area contributed by atoms with Gasteiger partial charge in [-0.1, -0.05) is 31.4 Å². The van der Waals surface area contributed by atoms with Crippen LogP contribution in [0.5, 0.6) is 5.75 Å². The van der Waals surface area contributed by atoms with Crippen molar-refractivity contribution in [2.75, 3.05) is 18.5 Å². The molecule has 2 fully saturated rings. The van der Waals surface area contributed by atoms with Crippen molar-refractivity contribution >= 4 is 28.9 Å². The van der Waals surface area contributed by atoms with Crippen LogP contribution in [0.15, 0.2) is 24.3 Å². The molecule has 3 rings (SSSR count). The molecule has 1 amide bonds. The summed E-state index contributed by atoms with van der Waals surface area (Å²) in [4.78, 5) is 12.3. The van der Waals surface area contributed by atoms with Crippen LogP contribution in [0.1, 0.15) is 44.9 Å². The zero-order valence-corrected chi connectivity index (χ0v) is 15.3. The van der Waals surface area contributed by atoms with Crippen LogP contribution in [0.3, 0.4) is 0 Å². The summed E-state index contributed by atoms with van der Waals surface area (Å²) in [5.74, 6) is 0.821.